The SMILES string of the molecule is CC(C)CNC(=O)CN(C)Cc1cccc(N)c1. The van der Waals surface area contributed by atoms with Crippen LogP contribution in [-0.2, 0) is 11.3 Å². The maximum Gasteiger partial charge on any atom is 0.234 e. The van der Waals surface area contributed by atoms with Crippen molar-refractivity contribution in [2.45, 2.75) is 20.4 Å². The van der Waals surface area contributed by atoms with E-state index in [1.807, 2.05) is 36.2 Å². The highest BCUT2D eigenvalue weighted by Gasteiger charge is 2.07. The molecule has 0 bridgehead atoms. The van der Waals surface area contributed by atoms with Crippen LogP contribution in [0.1, 0.15) is 19.4 Å². The Morgan fingerprint density at radius 1 is 1.44 bits per heavy atom. The Morgan fingerprint density at radius 2 is 2.17 bits per heavy atom. The number of nitrogens with one attached hydrogen (secondary N) is 1. The topological polar surface area (TPSA) is 58.4 Å². The number of benzene rings is 1. The van der Waals surface area contributed by atoms with E-state index in [9.17, 15) is 4.79 Å². The van der Waals surface area contributed by atoms with Gasteiger partial charge in [0.1, 0.15) is 0 Å². The number of nitrogen functional groups attached to an aromatic ring is 1. The molecule has 1 aromatic carbocycles. The number of nitrogens with two attached hydrogens (primary N) is 1. The number of anilines is 1. The molecule has 0 heterocycles. The van der Waals surface area contributed by atoms with Gasteiger partial charge in [-0.2, -0.15) is 0 Å². The van der Waals surface area contributed by atoms with E-state index in [1.165, 1.54) is 0 Å². The van der Waals surface area contributed by atoms with Crippen molar-refractivity contribution in [3.63, 3.8) is 0 Å². The first kappa shape index (κ1) is 14.5. The highest BCUT2D eigenvalue weighted by atomic mass is 16.2. The van der Waals surface area contributed by atoms with Crippen LogP contribution in [-0.4, -0.2) is 30.9 Å². The summed E-state index contributed by atoms with van der Waals surface area (Å²) < 4.78 is 0. The van der Waals surface area contributed by atoms with Crippen LogP contribution in [0.4, 0.5) is 5.69 Å². The molecule has 1 amide bonds. The lowest BCUT2D eigenvalue weighted by Gasteiger charge is -2.17. The lowest BCUT2D eigenvalue weighted by molar-refractivity contribution is -0.122. The third kappa shape index (κ3) is 5.68. The Labute approximate surface area is 109 Å². The molecule has 0 aliphatic heterocycles. The molecule has 100 valence electrons. The van der Waals surface area contributed by atoms with E-state index in [2.05, 4.69) is 19.2 Å². The number of likely N-dealkylation sites (N-methyl/N-ethyl adjacent to an activating group) is 1. The molecule has 0 atom stereocenters. The highest BCUT2D eigenvalue weighted by Crippen LogP contribution is 2.08. The molecule has 0 radical (unpaired) electrons. The predicted octanol–water partition coefficient (Wildman–Crippen LogP) is 1.47. The van der Waals surface area contributed by atoms with Crippen molar-refractivity contribution in [1.82, 2.24) is 10.2 Å². The summed E-state index contributed by atoms with van der Waals surface area (Å²) in [4.78, 5) is 13.6. The van der Waals surface area contributed by atoms with Crippen molar-refractivity contribution in [1.29, 1.82) is 0 Å². The monoisotopic (exact) mass is 249 g/mol. The maximum atomic E-state index is 11.6. The van der Waals surface area contributed by atoms with Crippen molar-refractivity contribution >= 4 is 11.6 Å². The van der Waals surface area contributed by atoms with Crippen LogP contribution in [0.2, 0.25) is 0 Å². The van der Waals surface area contributed by atoms with Crippen molar-refractivity contribution in [3.05, 3.63) is 29.8 Å². The molecule has 0 aliphatic rings. The summed E-state index contributed by atoms with van der Waals surface area (Å²) in [6.07, 6.45) is 0. The smallest absolute Gasteiger partial charge is 0.234 e. The fourth-order valence-electron chi connectivity index (χ4n) is 1.68. The second-order valence-electron chi connectivity index (χ2n) is 5.12. The number of rotatable bonds is 6. The normalized spacial score (nSPS) is 10.9. The van der Waals surface area contributed by atoms with Crippen LogP contribution in [0, 0.1) is 5.92 Å². The molecule has 0 aliphatic carbocycles. The molecule has 1 rings (SSSR count). The van der Waals surface area contributed by atoms with Crippen LogP contribution in [0.25, 0.3) is 0 Å². The highest BCUT2D eigenvalue weighted by molar-refractivity contribution is 5.77. The lowest BCUT2D eigenvalue weighted by Crippen LogP contribution is -2.36. The molecule has 0 fully saturated rings. The molecule has 4 heteroatoms. The Morgan fingerprint density at radius 3 is 2.78 bits per heavy atom. The first-order chi connectivity index (χ1) is 8.47. The van der Waals surface area contributed by atoms with Gasteiger partial charge < -0.3 is 11.1 Å². The van der Waals surface area contributed by atoms with Gasteiger partial charge in [0.15, 0.2) is 0 Å². The standard InChI is InChI=1S/C14H23N3O/c1-11(2)8-16-14(18)10-17(3)9-12-5-4-6-13(15)7-12/h4-7,11H,8-10,15H2,1-3H3,(H,16,18). The van der Waals surface area contributed by atoms with Crippen LogP contribution in [0.5, 0.6) is 0 Å². The minimum atomic E-state index is 0.0649. The van der Waals surface area contributed by atoms with Gasteiger partial charge in [0.25, 0.3) is 0 Å². The third-order valence-corrected chi connectivity index (χ3v) is 2.52. The molecular formula is C14H23N3O. The first-order valence-electron chi connectivity index (χ1n) is 6.27. The van der Waals surface area contributed by atoms with Crippen LogP contribution in [0.15, 0.2) is 24.3 Å². The molecule has 0 saturated carbocycles. The van der Waals surface area contributed by atoms with E-state index >= 15 is 0 Å². The number of hydrogen-bond acceptors (Lipinski definition) is 3. The molecule has 0 saturated heterocycles. The maximum absolute atomic E-state index is 11.6. The van der Waals surface area contributed by atoms with Crippen molar-refractivity contribution < 1.29 is 4.79 Å². The molecule has 3 N–H and O–H groups in total. The Bertz CT molecular complexity index is 390. The zero-order valence-corrected chi connectivity index (χ0v) is 11.4. The van der Waals surface area contributed by atoms with E-state index in [0.29, 0.717) is 12.5 Å². The summed E-state index contributed by atoms with van der Waals surface area (Å²) in [6.45, 7) is 6.01. The van der Waals surface area contributed by atoms with Crippen LogP contribution in [0.3, 0.4) is 0 Å². The second kappa shape index (κ2) is 7.01. The Hall–Kier alpha value is -1.55. The molecule has 0 unspecified atom stereocenters. The number of carbonyl (C=O) groups is 1. The minimum Gasteiger partial charge on any atom is -0.399 e. The summed E-state index contributed by atoms with van der Waals surface area (Å²) in [5.41, 5.74) is 7.59. The van der Waals surface area contributed by atoms with Gasteiger partial charge in [0.05, 0.1) is 6.54 Å². The van der Waals surface area contributed by atoms with Gasteiger partial charge in [-0.15, -0.1) is 0 Å². The van der Waals surface area contributed by atoms with Crippen molar-refractivity contribution in [3.8, 4) is 0 Å². The van der Waals surface area contributed by atoms with Crippen molar-refractivity contribution in [2.24, 2.45) is 5.92 Å². The zero-order valence-electron chi connectivity index (χ0n) is 11.4. The molecular weight excluding hydrogens is 226 g/mol. The summed E-state index contributed by atoms with van der Waals surface area (Å²) in [5.74, 6) is 0.545. The number of carbonyl (C=O) groups excluding carboxylic acids is 1. The average Bonchev–Trinajstić information content (AvgIpc) is 2.26. The number of nitrogens with zero attached hydrogens (tertiary/aromatic N) is 1. The first-order valence-corrected chi connectivity index (χ1v) is 6.27. The van der Waals surface area contributed by atoms with E-state index < -0.39 is 0 Å². The van der Waals surface area contributed by atoms with Gasteiger partial charge in [-0.05, 0) is 30.7 Å². The Balaban J connectivity index is 2.37. The molecule has 4 nitrogen and oxygen atoms in total. The summed E-state index contributed by atoms with van der Waals surface area (Å²) in [6, 6.07) is 7.73. The lowest BCUT2D eigenvalue weighted by atomic mass is 10.2. The summed E-state index contributed by atoms with van der Waals surface area (Å²) in [7, 11) is 1.93. The molecule has 0 spiro atoms. The summed E-state index contributed by atoms with van der Waals surface area (Å²) in [5, 5.41) is 2.90. The van der Waals surface area contributed by atoms with E-state index in [1.54, 1.807) is 0 Å². The van der Waals surface area contributed by atoms with E-state index in [-0.39, 0.29) is 5.91 Å². The molecule has 1 aromatic rings. The van der Waals surface area contributed by atoms with Gasteiger partial charge in [-0.25, -0.2) is 0 Å². The quantitative estimate of drug-likeness (QED) is 0.751. The van der Waals surface area contributed by atoms with Gasteiger partial charge in [0, 0.05) is 18.8 Å². The third-order valence-electron chi connectivity index (χ3n) is 2.52. The minimum absolute atomic E-state index is 0.0649. The Kier molecular flexibility index (Phi) is 5.65. The van der Waals surface area contributed by atoms with Crippen LogP contribution >= 0.6 is 0 Å². The van der Waals surface area contributed by atoms with Gasteiger partial charge >= 0.3 is 0 Å². The van der Waals surface area contributed by atoms with Crippen molar-refractivity contribution in [2.75, 3.05) is 25.9 Å². The fraction of sp³-hybridized carbons (Fsp3) is 0.500. The second-order valence-corrected chi connectivity index (χ2v) is 5.12. The predicted molar refractivity (Wildman–Crippen MR) is 75.0 cm³/mol. The van der Waals surface area contributed by atoms with E-state index in [0.717, 1.165) is 24.3 Å². The van der Waals surface area contributed by atoms with E-state index in [4.69, 9.17) is 5.73 Å². The largest absolute Gasteiger partial charge is 0.399 e. The molecule has 0 aromatic heterocycles. The number of hydrogen-bond donors (Lipinski definition) is 2. The number of amides is 1. The zero-order chi connectivity index (χ0) is 13.5. The van der Waals surface area contributed by atoms with Gasteiger partial charge in [-0.3, -0.25) is 9.69 Å². The average molecular weight is 249 g/mol. The van der Waals surface area contributed by atoms with Gasteiger partial charge in [-0.1, -0.05) is 26.0 Å². The van der Waals surface area contributed by atoms with Gasteiger partial charge in [0.2, 0.25) is 5.91 Å². The fourth-order valence-corrected chi connectivity index (χ4v) is 1.68. The summed E-state index contributed by atoms with van der Waals surface area (Å²) >= 11 is 0. The van der Waals surface area contributed by atoms with Crippen LogP contribution < -0.4 is 11.1 Å². The molecule has 18 heavy (non-hydrogen) atoms.